The molecule has 0 aliphatic heterocycles. The lowest BCUT2D eigenvalue weighted by Gasteiger charge is -2.20. The van der Waals surface area contributed by atoms with E-state index in [9.17, 15) is 27.6 Å². The van der Waals surface area contributed by atoms with Crippen molar-refractivity contribution in [2.75, 3.05) is 55.8 Å². The summed E-state index contributed by atoms with van der Waals surface area (Å²) in [6.07, 6.45) is -7.17. The van der Waals surface area contributed by atoms with E-state index in [-0.39, 0.29) is 45.6 Å². The highest BCUT2D eigenvalue weighted by molar-refractivity contribution is 5.92. The van der Waals surface area contributed by atoms with Crippen molar-refractivity contribution in [1.29, 1.82) is 0 Å². The quantitative estimate of drug-likeness (QED) is 0.233. The van der Waals surface area contributed by atoms with Crippen LogP contribution in [0.4, 0.5) is 18.0 Å². The van der Waals surface area contributed by atoms with Gasteiger partial charge in [-0.1, -0.05) is 6.07 Å². The van der Waals surface area contributed by atoms with Gasteiger partial charge in [0.05, 0.1) is 65.9 Å². The summed E-state index contributed by atoms with van der Waals surface area (Å²) in [6.45, 7) is -1.08. The lowest BCUT2D eigenvalue weighted by atomic mass is 10.1. The second-order valence-electron chi connectivity index (χ2n) is 9.25. The molecule has 0 aliphatic carbocycles. The van der Waals surface area contributed by atoms with E-state index in [2.05, 4.69) is 5.32 Å². The predicted octanol–water partition coefficient (Wildman–Crippen LogP) is 4.93. The Balaban J connectivity index is 1.82. The van der Waals surface area contributed by atoms with Crippen LogP contribution in [0.25, 0.3) is 0 Å². The van der Waals surface area contributed by atoms with Crippen LogP contribution in [0, 0.1) is 0 Å². The van der Waals surface area contributed by atoms with E-state index < -0.39 is 54.8 Å². The second kappa shape index (κ2) is 16.1. The van der Waals surface area contributed by atoms with Crippen molar-refractivity contribution in [2.45, 2.75) is 12.3 Å². The van der Waals surface area contributed by atoms with Crippen molar-refractivity contribution < 1.29 is 70.2 Å². The summed E-state index contributed by atoms with van der Waals surface area (Å²) in [7, 11) is 8.16. The van der Waals surface area contributed by atoms with E-state index in [0.29, 0.717) is 6.07 Å². The zero-order chi connectivity index (χ0) is 34.7. The van der Waals surface area contributed by atoms with Gasteiger partial charge in [0.2, 0.25) is 11.5 Å². The van der Waals surface area contributed by atoms with E-state index in [1.807, 2.05) is 0 Å². The largest absolute Gasteiger partial charge is 0.493 e. The van der Waals surface area contributed by atoms with Gasteiger partial charge in [0.1, 0.15) is 12.4 Å². The van der Waals surface area contributed by atoms with Gasteiger partial charge in [-0.3, -0.25) is 0 Å². The number of carbonyl (C=O) groups excluding carboxylic acids is 3. The third-order valence-electron chi connectivity index (χ3n) is 6.32. The van der Waals surface area contributed by atoms with Gasteiger partial charge in [-0.2, -0.15) is 13.2 Å². The molecule has 0 aliphatic rings. The zero-order valence-electron chi connectivity index (χ0n) is 26.1. The summed E-state index contributed by atoms with van der Waals surface area (Å²) >= 11 is 0. The molecule has 47 heavy (non-hydrogen) atoms. The van der Waals surface area contributed by atoms with E-state index in [4.69, 9.17) is 42.6 Å². The Morgan fingerprint density at radius 2 is 1.19 bits per heavy atom. The number of alkyl halides is 3. The van der Waals surface area contributed by atoms with E-state index >= 15 is 0 Å². The van der Waals surface area contributed by atoms with Crippen LogP contribution in [-0.4, -0.2) is 79.9 Å². The normalized spacial score (nSPS) is 11.4. The number of amides is 1. The summed E-state index contributed by atoms with van der Waals surface area (Å²) in [4.78, 5) is 38.7. The van der Waals surface area contributed by atoms with Gasteiger partial charge in [-0.15, -0.1) is 0 Å². The topological polar surface area (TPSA) is 146 Å². The Labute approximate surface area is 267 Å². The Morgan fingerprint density at radius 1 is 0.702 bits per heavy atom. The Bertz CT molecular complexity index is 1530. The number of hydrogen-bond donors (Lipinski definition) is 1. The minimum Gasteiger partial charge on any atom is -0.493 e. The molecule has 1 amide bonds. The van der Waals surface area contributed by atoms with Crippen LogP contribution in [0.3, 0.4) is 0 Å². The molecule has 0 saturated carbocycles. The maximum atomic E-state index is 13.2. The number of esters is 2. The molecule has 16 heteroatoms. The number of rotatable bonds is 14. The number of methoxy groups -OCH3 is 6. The SMILES string of the molecule is COc1cc(C(=O)OCC(CNC(=O)Oc2cccc(C(F)(F)F)c2)OC(=O)c2cc(OC)c(OC)c(OC)c2)cc(OC)c1OC. The molecular weight excluding hydrogens is 635 g/mol. The molecule has 0 aromatic heterocycles. The van der Waals surface area contributed by atoms with Gasteiger partial charge in [0, 0.05) is 0 Å². The van der Waals surface area contributed by atoms with Crippen LogP contribution in [0.2, 0.25) is 0 Å². The fraction of sp³-hybridized carbons (Fsp3) is 0.323. The zero-order valence-corrected chi connectivity index (χ0v) is 26.1. The standard InChI is InChI=1S/C31H32F3NO12/c1-39-22-10-17(11-23(40-2)26(22)43-5)28(36)45-16-21(15-35-30(38)47-20-9-7-8-19(14-20)31(32,33)34)46-29(37)18-12-24(41-3)27(44-6)25(13-18)42-4/h7-14,21H,15-16H2,1-6H3,(H,35,38). The molecule has 3 rings (SSSR count). The van der Waals surface area contributed by atoms with Crippen molar-refractivity contribution in [3.63, 3.8) is 0 Å². The summed E-state index contributed by atoms with van der Waals surface area (Å²) in [5.74, 6) is -1.15. The minimum atomic E-state index is -4.66. The molecular formula is C31H32F3NO12. The minimum absolute atomic E-state index is 0.00822. The maximum absolute atomic E-state index is 13.2. The van der Waals surface area contributed by atoms with Crippen molar-refractivity contribution >= 4 is 18.0 Å². The molecule has 1 unspecified atom stereocenters. The van der Waals surface area contributed by atoms with Gasteiger partial charge in [-0.25, -0.2) is 14.4 Å². The highest BCUT2D eigenvalue weighted by Gasteiger charge is 2.31. The number of hydrogen-bond acceptors (Lipinski definition) is 12. The molecule has 1 N–H and O–H groups in total. The summed E-state index contributed by atoms with van der Waals surface area (Å²) in [5.41, 5.74) is -1.09. The number of carbonyl (C=O) groups is 3. The molecule has 0 bridgehead atoms. The Hall–Kier alpha value is -5.54. The number of benzene rings is 3. The first-order valence-electron chi connectivity index (χ1n) is 13.5. The summed E-state index contributed by atoms with van der Waals surface area (Å²) in [6, 6.07) is 8.98. The highest BCUT2D eigenvalue weighted by Crippen LogP contribution is 2.39. The predicted molar refractivity (Wildman–Crippen MR) is 157 cm³/mol. The van der Waals surface area contributed by atoms with Crippen LogP contribution in [0.5, 0.6) is 40.2 Å². The van der Waals surface area contributed by atoms with Crippen LogP contribution >= 0.6 is 0 Å². The summed E-state index contributed by atoms with van der Waals surface area (Å²) < 4.78 is 86.6. The van der Waals surface area contributed by atoms with Crippen molar-refractivity contribution in [1.82, 2.24) is 5.32 Å². The number of halogens is 3. The lowest BCUT2D eigenvalue weighted by Crippen LogP contribution is -2.39. The Morgan fingerprint density at radius 3 is 1.64 bits per heavy atom. The van der Waals surface area contributed by atoms with Crippen molar-refractivity contribution in [2.24, 2.45) is 0 Å². The van der Waals surface area contributed by atoms with Crippen molar-refractivity contribution in [3.05, 3.63) is 65.2 Å². The molecule has 254 valence electrons. The Kier molecular flexibility index (Phi) is 12.3. The van der Waals surface area contributed by atoms with E-state index in [0.717, 1.165) is 18.2 Å². The number of ether oxygens (including phenoxy) is 9. The molecule has 0 fully saturated rings. The maximum Gasteiger partial charge on any atom is 0.416 e. The van der Waals surface area contributed by atoms with Gasteiger partial charge in [0.25, 0.3) is 0 Å². The van der Waals surface area contributed by atoms with Crippen molar-refractivity contribution in [3.8, 4) is 40.2 Å². The van der Waals surface area contributed by atoms with Gasteiger partial charge in [-0.05, 0) is 42.5 Å². The van der Waals surface area contributed by atoms with Crippen LogP contribution in [-0.2, 0) is 15.7 Å². The molecule has 3 aromatic rings. The third kappa shape index (κ3) is 9.24. The monoisotopic (exact) mass is 667 g/mol. The molecule has 1 atom stereocenters. The van der Waals surface area contributed by atoms with Crippen LogP contribution in [0.15, 0.2) is 48.5 Å². The molecule has 13 nitrogen and oxygen atoms in total. The van der Waals surface area contributed by atoms with Gasteiger partial charge < -0.3 is 47.9 Å². The molecule has 0 saturated heterocycles. The van der Waals surface area contributed by atoms with Crippen LogP contribution < -0.4 is 38.5 Å². The molecule has 0 spiro atoms. The lowest BCUT2D eigenvalue weighted by molar-refractivity contribution is -0.137. The molecule has 0 radical (unpaired) electrons. The molecule has 3 aromatic carbocycles. The van der Waals surface area contributed by atoms with E-state index in [1.165, 1.54) is 66.9 Å². The van der Waals surface area contributed by atoms with Crippen LogP contribution in [0.1, 0.15) is 26.3 Å². The van der Waals surface area contributed by atoms with Gasteiger partial charge in [0.15, 0.2) is 29.1 Å². The smallest absolute Gasteiger partial charge is 0.416 e. The number of nitrogens with one attached hydrogen (secondary N) is 1. The first-order chi connectivity index (χ1) is 22.4. The first kappa shape index (κ1) is 35.9. The third-order valence-corrected chi connectivity index (χ3v) is 6.32. The average Bonchev–Trinajstić information content (AvgIpc) is 3.07. The van der Waals surface area contributed by atoms with E-state index in [1.54, 1.807) is 0 Å². The fourth-order valence-electron chi connectivity index (χ4n) is 4.08. The molecule has 0 heterocycles. The second-order valence-corrected chi connectivity index (χ2v) is 9.25. The highest BCUT2D eigenvalue weighted by atomic mass is 19.4. The average molecular weight is 668 g/mol. The first-order valence-corrected chi connectivity index (χ1v) is 13.5. The fourth-order valence-corrected chi connectivity index (χ4v) is 4.08. The van der Waals surface area contributed by atoms with Gasteiger partial charge >= 0.3 is 24.2 Å². The summed E-state index contributed by atoms with van der Waals surface area (Å²) in [5, 5.41) is 2.29.